The highest BCUT2D eigenvalue weighted by molar-refractivity contribution is 5.98. The van der Waals surface area contributed by atoms with Gasteiger partial charge in [0.1, 0.15) is 0 Å². The lowest BCUT2D eigenvalue weighted by molar-refractivity contribution is 0.213. The predicted octanol–water partition coefficient (Wildman–Crippen LogP) is 2.35. The van der Waals surface area contributed by atoms with Gasteiger partial charge in [0.05, 0.1) is 11.2 Å². The van der Waals surface area contributed by atoms with Crippen LogP contribution in [0.4, 0.5) is 11.4 Å². The Morgan fingerprint density at radius 1 is 1.30 bits per heavy atom. The second kappa shape index (κ2) is 5.29. The van der Waals surface area contributed by atoms with Gasteiger partial charge in [0.25, 0.3) is 0 Å². The predicted molar refractivity (Wildman–Crippen MR) is 85.1 cm³/mol. The average Bonchev–Trinajstić information content (AvgIpc) is 2.48. The number of piperazine rings is 1. The molecule has 0 radical (unpaired) electrons. The zero-order chi connectivity index (χ0) is 14.1. The lowest BCUT2D eigenvalue weighted by atomic mass is 10.1. The Hall–Kier alpha value is -1.81. The van der Waals surface area contributed by atoms with Crippen LogP contribution in [0.25, 0.3) is 10.9 Å². The fourth-order valence-corrected chi connectivity index (χ4v) is 3.07. The number of nitrogens with zero attached hydrogens (tertiary/aromatic N) is 3. The molecule has 1 aliphatic rings. The maximum absolute atomic E-state index is 6.04. The number of hydrogen-bond acceptors (Lipinski definition) is 4. The van der Waals surface area contributed by atoms with Gasteiger partial charge >= 0.3 is 0 Å². The van der Waals surface area contributed by atoms with Crippen molar-refractivity contribution in [2.24, 2.45) is 0 Å². The van der Waals surface area contributed by atoms with Gasteiger partial charge in [0, 0.05) is 42.9 Å². The Kier molecular flexibility index (Phi) is 3.49. The van der Waals surface area contributed by atoms with E-state index < -0.39 is 0 Å². The minimum Gasteiger partial charge on any atom is -0.397 e. The van der Waals surface area contributed by atoms with Crippen LogP contribution in [0.15, 0.2) is 30.5 Å². The smallest absolute Gasteiger partial charge is 0.0951 e. The second-order valence-electron chi connectivity index (χ2n) is 5.56. The highest BCUT2D eigenvalue weighted by atomic mass is 15.3. The zero-order valence-electron chi connectivity index (χ0n) is 12.2. The summed E-state index contributed by atoms with van der Waals surface area (Å²) in [6.07, 6.45) is 3.05. The summed E-state index contributed by atoms with van der Waals surface area (Å²) in [5, 5.41) is 1.16. The van der Waals surface area contributed by atoms with Crippen LogP contribution in [0, 0.1) is 0 Å². The second-order valence-corrected chi connectivity index (χ2v) is 5.56. The number of benzene rings is 1. The molecule has 4 heteroatoms. The van der Waals surface area contributed by atoms with Crippen molar-refractivity contribution in [3.63, 3.8) is 0 Å². The van der Waals surface area contributed by atoms with Crippen molar-refractivity contribution in [1.29, 1.82) is 0 Å². The summed E-state index contributed by atoms with van der Waals surface area (Å²) in [5.74, 6) is 0. The van der Waals surface area contributed by atoms with Crippen LogP contribution in [0.2, 0.25) is 0 Å². The Morgan fingerprint density at radius 2 is 2.15 bits per heavy atom. The molecule has 1 atom stereocenters. The van der Waals surface area contributed by atoms with Gasteiger partial charge in [-0.15, -0.1) is 0 Å². The average molecular weight is 270 g/mol. The Morgan fingerprint density at radius 3 is 2.95 bits per heavy atom. The third-order valence-corrected chi connectivity index (χ3v) is 4.37. The van der Waals surface area contributed by atoms with E-state index in [0.717, 1.165) is 36.2 Å². The van der Waals surface area contributed by atoms with Gasteiger partial charge in [-0.05, 0) is 25.6 Å². The molecule has 1 unspecified atom stereocenters. The van der Waals surface area contributed by atoms with Crippen LogP contribution in [0.1, 0.15) is 13.3 Å². The van der Waals surface area contributed by atoms with Gasteiger partial charge in [-0.25, -0.2) is 0 Å². The Balaban J connectivity index is 2.00. The summed E-state index contributed by atoms with van der Waals surface area (Å²) >= 11 is 0. The van der Waals surface area contributed by atoms with E-state index in [2.05, 4.69) is 40.9 Å². The molecule has 0 spiro atoms. The van der Waals surface area contributed by atoms with Crippen molar-refractivity contribution in [3.05, 3.63) is 30.5 Å². The number of likely N-dealkylation sites (N-methyl/N-ethyl adjacent to an activating group) is 1. The molecule has 1 fully saturated rings. The molecule has 1 aromatic carbocycles. The Labute approximate surface area is 120 Å². The molecule has 0 amide bonds. The number of aromatic nitrogens is 1. The fraction of sp³-hybridized carbons (Fsp3) is 0.438. The van der Waals surface area contributed by atoms with Gasteiger partial charge in [-0.2, -0.15) is 0 Å². The summed E-state index contributed by atoms with van der Waals surface area (Å²) in [6.45, 7) is 5.49. The van der Waals surface area contributed by atoms with E-state index in [1.54, 1.807) is 0 Å². The highest BCUT2D eigenvalue weighted by Crippen LogP contribution is 2.30. The minimum absolute atomic E-state index is 0.619. The number of nitrogens with two attached hydrogens (primary N) is 1. The first-order chi connectivity index (χ1) is 9.70. The number of hydrogen-bond donors (Lipinski definition) is 1. The number of rotatable bonds is 2. The SMILES string of the molecule is CCC1CN(c2ccnc3c(N)cccc23)CCN1C. The maximum atomic E-state index is 6.04. The van der Waals surface area contributed by atoms with Crippen LogP contribution < -0.4 is 10.6 Å². The lowest BCUT2D eigenvalue weighted by Gasteiger charge is -2.40. The molecule has 0 aliphatic carbocycles. The standard InChI is InChI=1S/C16H22N4/c1-3-12-11-20(10-9-19(12)2)15-7-8-18-16-13(15)5-4-6-14(16)17/h4-8,12H,3,9-11,17H2,1-2H3. The van der Waals surface area contributed by atoms with Crippen molar-refractivity contribution < 1.29 is 0 Å². The summed E-state index contributed by atoms with van der Waals surface area (Å²) in [5.41, 5.74) is 8.97. The molecule has 3 rings (SSSR count). The summed E-state index contributed by atoms with van der Waals surface area (Å²) in [6, 6.07) is 8.77. The lowest BCUT2D eigenvalue weighted by Crippen LogP contribution is -2.51. The van der Waals surface area contributed by atoms with E-state index in [9.17, 15) is 0 Å². The monoisotopic (exact) mass is 270 g/mol. The number of pyridine rings is 1. The van der Waals surface area contributed by atoms with Crippen LogP contribution >= 0.6 is 0 Å². The van der Waals surface area contributed by atoms with Gasteiger partial charge in [-0.3, -0.25) is 9.88 Å². The van der Waals surface area contributed by atoms with E-state index in [1.807, 2.05) is 18.3 Å². The van der Waals surface area contributed by atoms with E-state index in [1.165, 1.54) is 12.1 Å². The number of fused-ring (bicyclic) bond motifs is 1. The van der Waals surface area contributed by atoms with Crippen molar-refractivity contribution in [1.82, 2.24) is 9.88 Å². The zero-order valence-corrected chi connectivity index (χ0v) is 12.2. The topological polar surface area (TPSA) is 45.4 Å². The molecule has 4 nitrogen and oxygen atoms in total. The largest absolute Gasteiger partial charge is 0.397 e. The molecule has 106 valence electrons. The van der Waals surface area contributed by atoms with Crippen molar-refractivity contribution in [2.45, 2.75) is 19.4 Å². The van der Waals surface area contributed by atoms with Crippen molar-refractivity contribution >= 4 is 22.3 Å². The normalized spacial score (nSPS) is 20.5. The van der Waals surface area contributed by atoms with Gasteiger partial charge < -0.3 is 10.6 Å². The molecular formula is C16H22N4. The van der Waals surface area contributed by atoms with Crippen LogP contribution in [0.3, 0.4) is 0 Å². The molecule has 1 aromatic heterocycles. The first-order valence-electron chi connectivity index (χ1n) is 7.29. The summed E-state index contributed by atoms with van der Waals surface area (Å²) < 4.78 is 0. The molecule has 0 bridgehead atoms. The third kappa shape index (κ3) is 2.20. The first-order valence-corrected chi connectivity index (χ1v) is 7.29. The quantitative estimate of drug-likeness (QED) is 0.851. The fourth-order valence-electron chi connectivity index (χ4n) is 3.07. The number of anilines is 2. The van der Waals surface area contributed by atoms with Crippen molar-refractivity contribution in [3.8, 4) is 0 Å². The maximum Gasteiger partial charge on any atom is 0.0951 e. The van der Waals surface area contributed by atoms with E-state index in [4.69, 9.17) is 5.73 Å². The molecule has 2 N–H and O–H groups in total. The van der Waals surface area contributed by atoms with E-state index in [0.29, 0.717) is 6.04 Å². The van der Waals surface area contributed by atoms with E-state index >= 15 is 0 Å². The number of nitrogen functional groups attached to an aromatic ring is 1. The first kappa shape index (κ1) is 13.2. The van der Waals surface area contributed by atoms with E-state index in [-0.39, 0.29) is 0 Å². The number of para-hydroxylation sites is 1. The van der Waals surface area contributed by atoms with Gasteiger partial charge in [0.2, 0.25) is 0 Å². The highest BCUT2D eigenvalue weighted by Gasteiger charge is 2.24. The molecule has 1 saturated heterocycles. The van der Waals surface area contributed by atoms with Gasteiger partial charge in [0.15, 0.2) is 0 Å². The van der Waals surface area contributed by atoms with Crippen LogP contribution in [-0.4, -0.2) is 42.6 Å². The van der Waals surface area contributed by atoms with Gasteiger partial charge in [-0.1, -0.05) is 19.1 Å². The van der Waals surface area contributed by atoms with Crippen LogP contribution in [0.5, 0.6) is 0 Å². The van der Waals surface area contributed by atoms with Crippen molar-refractivity contribution in [2.75, 3.05) is 37.3 Å². The molecule has 1 aliphatic heterocycles. The molecule has 2 heterocycles. The third-order valence-electron chi connectivity index (χ3n) is 4.37. The summed E-state index contributed by atoms with van der Waals surface area (Å²) in [7, 11) is 2.22. The molecule has 20 heavy (non-hydrogen) atoms. The summed E-state index contributed by atoms with van der Waals surface area (Å²) in [4.78, 5) is 9.35. The molecule has 2 aromatic rings. The Bertz CT molecular complexity index is 610. The molecule has 0 saturated carbocycles. The van der Waals surface area contributed by atoms with Crippen LogP contribution in [-0.2, 0) is 0 Å². The molecular weight excluding hydrogens is 248 g/mol. The minimum atomic E-state index is 0.619.